The number of benzene rings is 1. The molecule has 0 aliphatic rings. The van der Waals surface area contributed by atoms with E-state index in [2.05, 4.69) is 4.74 Å². The van der Waals surface area contributed by atoms with Crippen LogP contribution in [-0.2, 0) is 27.3 Å². The lowest BCUT2D eigenvalue weighted by Crippen LogP contribution is -2.24. The minimum Gasteiger partial charge on any atom is -0.467 e. The Hall–Kier alpha value is -1.39. The van der Waals surface area contributed by atoms with E-state index in [4.69, 9.17) is 4.74 Å². The molecular weight excluding hydrogens is 208 g/mol. The third-order valence-corrected chi connectivity index (χ3v) is 2.24. The van der Waals surface area contributed by atoms with E-state index in [0.717, 1.165) is 11.1 Å². The number of carbonyl (C=O) groups is 1. The first-order valence-corrected chi connectivity index (χ1v) is 5.00. The van der Waals surface area contributed by atoms with E-state index in [0.29, 0.717) is 6.61 Å². The first kappa shape index (κ1) is 12.7. The Morgan fingerprint density at radius 1 is 1.25 bits per heavy atom. The third kappa shape index (κ3) is 3.64. The van der Waals surface area contributed by atoms with Crippen molar-refractivity contribution in [2.24, 2.45) is 0 Å². The van der Waals surface area contributed by atoms with Crippen LogP contribution >= 0.6 is 0 Å². The summed E-state index contributed by atoms with van der Waals surface area (Å²) in [5.41, 5.74) is 1.94. The molecule has 0 bridgehead atoms. The maximum atomic E-state index is 11.0. The van der Waals surface area contributed by atoms with Gasteiger partial charge in [0, 0.05) is 13.5 Å². The van der Waals surface area contributed by atoms with E-state index >= 15 is 0 Å². The summed E-state index contributed by atoms with van der Waals surface area (Å²) in [5.74, 6) is -0.610. The van der Waals surface area contributed by atoms with Crippen LogP contribution in [0.25, 0.3) is 0 Å². The highest BCUT2D eigenvalue weighted by atomic mass is 16.5. The number of hydrogen-bond donors (Lipinski definition) is 1. The lowest BCUT2D eigenvalue weighted by molar-refractivity contribution is -0.150. The molecule has 0 aliphatic carbocycles. The Morgan fingerprint density at radius 2 is 1.81 bits per heavy atom. The molecule has 1 aromatic rings. The second-order valence-corrected chi connectivity index (χ2v) is 3.49. The zero-order valence-corrected chi connectivity index (χ0v) is 9.47. The summed E-state index contributed by atoms with van der Waals surface area (Å²) in [5, 5.41) is 9.44. The topological polar surface area (TPSA) is 55.8 Å². The lowest BCUT2D eigenvalue weighted by atomic mass is 10.1. The Morgan fingerprint density at radius 3 is 2.31 bits per heavy atom. The van der Waals surface area contributed by atoms with E-state index in [1.165, 1.54) is 7.11 Å². The van der Waals surface area contributed by atoms with Crippen LogP contribution in [0.5, 0.6) is 0 Å². The fraction of sp³-hybridized carbons (Fsp3) is 0.417. The molecule has 16 heavy (non-hydrogen) atoms. The maximum Gasteiger partial charge on any atom is 0.335 e. The van der Waals surface area contributed by atoms with Crippen molar-refractivity contribution >= 4 is 5.97 Å². The van der Waals surface area contributed by atoms with Gasteiger partial charge in [-0.1, -0.05) is 24.3 Å². The molecule has 0 spiro atoms. The number of ether oxygens (including phenoxy) is 2. The zero-order valence-electron chi connectivity index (χ0n) is 9.47. The van der Waals surface area contributed by atoms with Gasteiger partial charge < -0.3 is 14.6 Å². The van der Waals surface area contributed by atoms with Gasteiger partial charge in [-0.15, -0.1) is 0 Å². The molecule has 0 amide bonds. The largest absolute Gasteiger partial charge is 0.467 e. The van der Waals surface area contributed by atoms with Crippen molar-refractivity contribution in [1.82, 2.24) is 0 Å². The van der Waals surface area contributed by atoms with Crippen molar-refractivity contribution in [3.63, 3.8) is 0 Å². The minimum absolute atomic E-state index is 0.264. The molecule has 4 heteroatoms. The van der Waals surface area contributed by atoms with Crippen LogP contribution < -0.4 is 0 Å². The molecule has 0 fully saturated rings. The van der Waals surface area contributed by atoms with Gasteiger partial charge in [0.1, 0.15) is 0 Å². The quantitative estimate of drug-likeness (QED) is 0.755. The van der Waals surface area contributed by atoms with Crippen molar-refractivity contribution in [3.8, 4) is 0 Å². The average molecular weight is 224 g/mol. The predicted octanol–water partition coefficient (Wildman–Crippen LogP) is 0.909. The monoisotopic (exact) mass is 224 g/mol. The van der Waals surface area contributed by atoms with Gasteiger partial charge in [-0.3, -0.25) is 0 Å². The van der Waals surface area contributed by atoms with Gasteiger partial charge in [-0.2, -0.15) is 0 Å². The van der Waals surface area contributed by atoms with Crippen molar-refractivity contribution in [2.45, 2.75) is 19.1 Å². The number of methoxy groups -OCH3 is 2. The lowest BCUT2D eigenvalue weighted by Gasteiger charge is -2.08. The van der Waals surface area contributed by atoms with Crippen molar-refractivity contribution < 1.29 is 19.4 Å². The van der Waals surface area contributed by atoms with Crippen molar-refractivity contribution in [1.29, 1.82) is 0 Å². The Labute approximate surface area is 94.8 Å². The molecule has 1 atom stereocenters. The fourth-order valence-corrected chi connectivity index (χ4v) is 1.38. The SMILES string of the molecule is COCc1ccc(CC(O)C(=O)OC)cc1. The summed E-state index contributed by atoms with van der Waals surface area (Å²) >= 11 is 0. The molecule has 0 radical (unpaired) electrons. The fourth-order valence-electron chi connectivity index (χ4n) is 1.38. The van der Waals surface area contributed by atoms with Crippen LogP contribution in [0.1, 0.15) is 11.1 Å². The molecule has 1 rings (SSSR count). The normalized spacial score (nSPS) is 12.2. The Bertz CT molecular complexity index is 331. The molecule has 4 nitrogen and oxygen atoms in total. The Kier molecular flexibility index (Phi) is 4.95. The van der Waals surface area contributed by atoms with Gasteiger partial charge in [-0.25, -0.2) is 4.79 Å². The van der Waals surface area contributed by atoms with Crippen molar-refractivity contribution in [3.05, 3.63) is 35.4 Å². The molecule has 1 unspecified atom stereocenters. The number of aliphatic hydroxyl groups excluding tert-OH is 1. The third-order valence-electron chi connectivity index (χ3n) is 2.24. The molecule has 0 heterocycles. The van der Waals surface area contributed by atoms with E-state index in [1.807, 2.05) is 24.3 Å². The number of carbonyl (C=O) groups excluding carboxylic acids is 1. The smallest absolute Gasteiger partial charge is 0.335 e. The average Bonchev–Trinajstić information content (AvgIpc) is 2.31. The molecule has 0 saturated heterocycles. The highest BCUT2D eigenvalue weighted by Crippen LogP contribution is 2.08. The standard InChI is InChI=1S/C12H16O4/c1-15-8-10-5-3-9(4-6-10)7-11(13)12(14)16-2/h3-6,11,13H,7-8H2,1-2H3. The summed E-state index contributed by atoms with van der Waals surface area (Å²) in [6, 6.07) is 7.53. The molecule has 0 aromatic heterocycles. The van der Waals surface area contributed by atoms with Gasteiger partial charge in [0.25, 0.3) is 0 Å². The van der Waals surface area contributed by atoms with Crippen LogP contribution in [0.3, 0.4) is 0 Å². The zero-order chi connectivity index (χ0) is 12.0. The summed E-state index contributed by atoms with van der Waals surface area (Å²) < 4.78 is 9.42. The number of hydrogen-bond acceptors (Lipinski definition) is 4. The van der Waals surface area contributed by atoms with E-state index in [9.17, 15) is 9.90 Å². The molecular formula is C12H16O4. The number of esters is 1. The van der Waals surface area contributed by atoms with Gasteiger partial charge in [0.15, 0.2) is 6.10 Å². The van der Waals surface area contributed by atoms with E-state index in [-0.39, 0.29) is 6.42 Å². The van der Waals surface area contributed by atoms with Crippen LogP contribution in [0.15, 0.2) is 24.3 Å². The molecule has 88 valence electrons. The maximum absolute atomic E-state index is 11.0. The van der Waals surface area contributed by atoms with Gasteiger partial charge in [-0.05, 0) is 11.1 Å². The van der Waals surface area contributed by atoms with Gasteiger partial charge >= 0.3 is 5.97 Å². The molecule has 0 saturated carbocycles. The van der Waals surface area contributed by atoms with Crippen molar-refractivity contribution in [2.75, 3.05) is 14.2 Å². The number of rotatable bonds is 5. The predicted molar refractivity (Wildman–Crippen MR) is 58.9 cm³/mol. The van der Waals surface area contributed by atoms with Gasteiger partial charge in [0.2, 0.25) is 0 Å². The molecule has 0 aliphatic heterocycles. The molecule has 1 aromatic carbocycles. The highest BCUT2D eigenvalue weighted by molar-refractivity contribution is 5.74. The van der Waals surface area contributed by atoms with Crippen LogP contribution in [-0.4, -0.2) is 31.4 Å². The van der Waals surface area contributed by atoms with Gasteiger partial charge in [0.05, 0.1) is 13.7 Å². The Balaban J connectivity index is 2.58. The van der Waals surface area contributed by atoms with Crippen LogP contribution in [0.2, 0.25) is 0 Å². The first-order chi connectivity index (χ1) is 7.67. The van der Waals surface area contributed by atoms with Crippen LogP contribution in [0, 0.1) is 0 Å². The first-order valence-electron chi connectivity index (χ1n) is 5.00. The summed E-state index contributed by atoms with van der Waals surface area (Å²) in [6.45, 7) is 0.555. The minimum atomic E-state index is -1.10. The summed E-state index contributed by atoms with van der Waals surface area (Å²) in [6.07, 6.45) is -0.835. The molecule has 1 N–H and O–H groups in total. The summed E-state index contributed by atoms with van der Waals surface area (Å²) in [7, 11) is 2.89. The van der Waals surface area contributed by atoms with E-state index in [1.54, 1.807) is 7.11 Å². The summed E-state index contributed by atoms with van der Waals surface area (Å²) in [4.78, 5) is 11.0. The number of aliphatic hydroxyl groups is 1. The highest BCUT2D eigenvalue weighted by Gasteiger charge is 2.15. The van der Waals surface area contributed by atoms with Crippen LogP contribution in [0.4, 0.5) is 0 Å². The second-order valence-electron chi connectivity index (χ2n) is 3.49. The second kappa shape index (κ2) is 6.25. The van der Waals surface area contributed by atoms with E-state index < -0.39 is 12.1 Å².